The summed E-state index contributed by atoms with van der Waals surface area (Å²) in [4.78, 5) is 21.7. The first-order valence-corrected chi connectivity index (χ1v) is 9.54. The largest absolute Gasteiger partial charge is 0.378 e. The molecule has 2 heterocycles. The Hall–Kier alpha value is -1.70. The molecule has 2 atom stereocenters. The van der Waals surface area contributed by atoms with Crippen LogP contribution in [-0.4, -0.2) is 35.0 Å². The Labute approximate surface area is 159 Å². The van der Waals surface area contributed by atoms with Crippen molar-refractivity contribution in [3.8, 4) is 0 Å². The number of aromatic nitrogens is 1. The van der Waals surface area contributed by atoms with E-state index < -0.39 is 5.54 Å². The van der Waals surface area contributed by atoms with Gasteiger partial charge in [-0.2, -0.15) is 0 Å². The van der Waals surface area contributed by atoms with Gasteiger partial charge in [0.1, 0.15) is 5.54 Å². The number of benzene rings is 1. The van der Waals surface area contributed by atoms with Crippen molar-refractivity contribution in [3.05, 3.63) is 64.4 Å². The zero-order chi connectivity index (χ0) is 17.9. The fourth-order valence-corrected chi connectivity index (χ4v) is 4.18. The van der Waals surface area contributed by atoms with E-state index in [-0.39, 0.29) is 12.0 Å². The number of thioether (sulfide) groups is 1. The van der Waals surface area contributed by atoms with Crippen LogP contribution in [0.4, 0.5) is 0 Å². The van der Waals surface area contributed by atoms with Crippen molar-refractivity contribution in [3.63, 3.8) is 0 Å². The third-order valence-corrected chi connectivity index (χ3v) is 5.54. The van der Waals surface area contributed by atoms with Gasteiger partial charge in [0.25, 0.3) is 5.91 Å². The highest BCUT2D eigenvalue weighted by Crippen LogP contribution is 2.37. The standard InChI is InChI=1S/C18H18BrN3O2S/c1-18(14-10-13(19)8-9-20-14)15(24-2)11-25-17(22-18)21-16(23)12-6-4-3-5-7-12/h3-10,15H,11H2,1-2H3,(H,21,22,23)/t15?,18-/m1/s1. The van der Waals surface area contributed by atoms with Crippen LogP contribution in [-0.2, 0) is 10.3 Å². The highest BCUT2D eigenvalue weighted by molar-refractivity contribution is 9.10. The van der Waals surface area contributed by atoms with E-state index in [1.54, 1.807) is 25.4 Å². The minimum Gasteiger partial charge on any atom is -0.378 e. The number of carbonyl (C=O) groups excluding carboxylic acids is 1. The van der Waals surface area contributed by atoms with E-state index in [4.69, 9.17) is 9.73 Å². The molecule has 7 heteroatoms. The first-order chi connectivity index (χ1) is 12.0. The summed E-state index contributed by atoms with van der Waals surface area (Å²) in [5.41, 5.74) is 0.714. The van der Waals surface area contributed by atoms with Gasteiger partial charge in [-0.25, -0.2) is 4.99 Å². The number of hydrogen-bond donors (Lipinski definition) is 1. The van der Waals surface area contributed by atoms with Crippen LogP contribution in [0, 0.1) is 0 Å². The molecule has 0 radical (unpaired) electrons. The van der Waals surface area contributed by atoms with Gasteiger partial charge in [0.15, 0.2) is 5.17 Å². The number of methoxy groups -OCH3 is 1. The van der Waals surface area contributed by atoms with Gasteiger partial charge in [-0.05, 0) is 31.2 Å². The van der Waals surface area contributed by atoms with Gasteiger partial charge in [-0.15, -0.1) is 0 Å². The lowest BCUT2D eigenvalue weighted by atomic mass is 9.91. The molecule has 1 N–H and O–H groups in total. The molecule has 1 unspecified atom stereocenters. The highest BCUT2D eigenvalue weighted by Gasteiger charge is 2.41. The van der Waals surface area contributed by atoms with Crippen molar-refractivity contribution >= 4 is 38.8 Å². The Balaban J connectivity index is 1.90. The minimum atomic E-state index is -0.677. The number of nitrogens with zero attached hydrogens (tertiary/aromatic N) is 2. The minimum absolute atomic E-state index is 0.142. The smallest absolute Gasteiger partial charge is 0.257 e. The molecule has 1 aromatic carbocycles. The number of aliphatic imine (C=N–C) groups is 1. The fourth-order valence-electron chi connectivity index (χ4n) is 2.66. The number of ether oxygens (including phenoxy) is 1. The first-order valence-electron chi connectivity index (χ1n) is 7.77. The average molecular weight is 420 g/mol. The second-order valence-electron chi connectivity index (χ2n) is 5.78. The summed E-state index contributed by atoms with van der Waals surface area (Å²) in [7, 11) is 1.67. The molecule has 0 saturated carbocycles. The molecule has 5 nitrogen and oxygen atoms in total. The SMILES string of the molecule is COC1CSC(NC(=O)c2ccccc2)=N[C@]1(C)c1cc(Br)ccn1. The fraction of sp³-hybridized carbons (Fsp3) is 0.278. The predicted octanol–water partition coefficient (Wildman–Crippen LogP) is 3.61. The Morgan fingerprint density at radius 1 is 1.36 bits per heavy atom. The summed E-state index contributed by atoms with van der Waals surface area (Å²) >= 11 is 4.95. The van der Waals surface area contributed by atoms with Crippen LogP contribution >= 0.6 is 27.7 Å². The van der Waals surface area contributed by atoms with Crippen LogP contribution in [0.3, 0.4) is 0 Å². The maximum Gasteiger partial charge on any atom is 0.257 e. The number of amides is 1. The van der Waals surface area contributed by atoms with Gasteiger partial charge in [-0.3, -0.25) is 9.78 Å². The van der Waals surface area contributed by atoms with Crippen molar-refractivity contribution in [2.45, 2.75) is 18.6 Å². The van der Waals surface area contributed by atoms with Gasteiger partial charge in [0, 0.05) is 29.1 Å². The summed E-state index contributed by atoms with van der Waals surface area (Å²) in [5, 5.41) is 3.47. The predicted molar refractivity (Wildman–Crippen MR) is 104 cm³/mol. The van der Waals surface area contributed by atoms with E-state index in [1.165, 1.54) is 11.8 Å². The zero-order valence-corrected chi connectivity index (χ0v) is 16.3. The topological polar surface area (TPSA) is 63.6 Å². The Kier molecular flexibility index (Phi) is 5.56. The number of hydrogen-bond acceptors (Lipinski definition) is 5. The van der Waals surface area contributed by atoms with Crippen LogP contribution in [0.1, 0.15) is 23.0 Å². The van der Waals surface area contributed by atoms with Gasteiger partial charge in [-0.1, -0.05) is 45.9 Å². The van der Waals surface area contributed by atoms with Gasteiger partial charge >= 0.3 is 0 Å². The lowest BCUT2D eigenvalue weighted by Crippen LogP contribution is -2.45. The summed E-state index contributed by atoms with van der Waals surface area (Å²) in [6, 6.07) is 12.9. The molecule has 1 aliphatic heterocycles. The molecule has 1 aromatic heterocycles. The van der Waals surface area contributed by atoms with Crippen molar-refractivity contribution in [2.75, 3.05) is 12.9 Å². The number of amidine groups is 1. The number of carbonyl (C=O) groups is 1. The van der Waals surface area contributed by atoms with E-state index in [1.807, 2.05) is 37.3 Å². The number of pyridine rings is 1. The van der Waals surface area contributed by atoms with E-state index >= 15 is 0 Å². The third-order valence-electron chi connectivity index (χ3n) is 4.11. The molecule has 0 aliphatic carbocycles. The second-order valence-corrected chi connectivity index (χ2v) is 7.70. The molecule has 0 bridgehead atoms. The molecule has 1 aliphatic rings. The van der Waals surface area contributed by atoms with E-state index in [9.17, 15) is 4.79 Å². The molecule has 0 fully saturated rings. The van der Waals surface area contributed by atoms with Crippen molar-refractivity contribution in [1.82, 2.24) is 10.3 Å². The van der Waals surface area contributed by atoms with Crippen LogP contribution in [0.2, 0.25) is 0 Å². The van der Waals surface area contributed by atoms with Crippen LogP contribution < -0.4 is 5.32 Å². The van der Waals surface area contributed by atoms with Crippen LogP contribution in [0.25, 0.3) is 0 Å². The Morgan fingerprint density at radius 2 is 2.12 bits per heavy atom. The molecular weight excluding hydrogens is 402 g/mol. The monoisotopic (exact) mass is 419 g/mol. The second kappa shape index (κ2) is 7.68. The van der Waals surface area contributed by atoms with E-state index in [2.05, 4.69) is 26.2 Å². The Morgan fingerprint density at radius 3 is 2.80 bits per heavy atom. The molecule has 25 heavy (non-hydrogen) atoms. The van der Waals surface area contributed by atoms with E-state index in [0.29, 0.717) is 16.5 Å². The normalized spacial score (nSPS) is 23.0. The average Bonchev–Trinajstić information content (AvgIpc) is 2.62. The van der Waals surface area contributed by atoms with Crippen LogP contribution in [0.5, 0.6) is 0 Å². The van der Waals surface area contributed by atoms with Crippen molar-refractivity contribution in [2.24, 2.45) is 4.99 Å². The maximum absolute atomic E-state index is 12.4. The quantitative estimate of drug-likeness (QED) is 0.824. The number of rotatable bonds is 3. The highest BCUT2D eigenvalue weighted by atomic mass is 79.9. The number of halogens is 1. The van der Waals surface area contributed by atoms with Gasteiger partial charge in [0.05, 0.1) is 11.8 Å². The lowest BCUT2D eigenvalue weighted by molar-refractivity contribution is 0.0573. The molecule has 1 amide bonds. The van der Waals surface area contributed by atoms with Gasteiger partial charge in [0.2, 0.25) is 0 Å². The molecular formula is C18H18BrN3O2S. The third kappa shape index (κ3) is 3.94. The van der Waals surface area contributed by atoms with E-state index in [0.717, 1.165) is 10.2 Å². The summed E-state index contributed by atoms with van der Waals surface area (Å²) < 4.78 is 6.57. The van der Waals surface area contributed by atoms with Crippen molar-refractivity contribution < 1.29 is 9.53 Å². The van der Waals surface area contributed by atoms with Crippen LogP contribution in [0.15, 0.2) is 58.1 Å². The zero-order valence-electron chi connectivity index (χ0n) is 13.9. The Bertz CT molecular complexity index is 800. The van der Waals surface area contributed by atoms with Gasteiger partial charge < -0.3 is 10.1 Å². The molecule has 0 saturated heterocycles. The summed E-state index contributed by atoms with van der Waals surface area (Å²) in [6.07, 6.45) is 1.59. The molecule has 130 valence electrons. The van der Waals surface area contributed by atoms with Crippen molar-refractivity contribution in [1.29, 1.82) is 0 Å². The summed E-state index contributed by atoms with van der Waals surface area (Å²) in [5.74, 6) is 0.502. The molecule has 3 rings (SSSR count). The first kappa shape index (κ1) is 18.1. The molecule has 2 aromatic rings. The molecule has 0 spiro atoms. The summed E-state index contributed by atoms with van der Waals surface area (Å²) in [6.45, 7) is 1.98. The lowest BCUT2D eigenvalue weighted by Gasteiger charge is -2.36. The maximum atomic E-state index is 12.4. The number of nitrogens with one attached hydrogen (secondary N) is 1.